The summed E-state index contributed by atoms with van der Waals surface area (Å²) in [6.45, 7) is 0. The Morgan fingerprint density at radius 2 is 2.11 bits per heavy atom. The summed E-state index contributed by atoms with van der Waals surface area (Å²) in [4.78, 5) is 19.6. The molecule has 0 spiro atoms. The smallest absolute Gasteiger partial charge is 0.255 e. The second-order valence-electron chi connectivity index (χ2n) is 3.56. The molecular weight excluding hydrogens is 235 g/mol. The fourth-order valence-electron chi connectivity index (χ4n) is 1.59. The van der Waals surface area contributed by atoms with E-state index < -0.39 is 5.82 Å². The number of amides is 1. The molecule has 0 aromatic carbocycles. The molecule has 0 unspecified atom stereocenters. The third-order valence-electron chi connectivity index (χ3n) is 2.44. The Morgan fingerprint density at radius 1 is 1.33 bits per heavy atom. The summed E-state index contributed by atoms with van der Waals surface area (Å²) < 4.78 is 12.8. The van der Waals surface area contributed by atoms with Crippen molar-refractivity contribution in [3.63, 3.8) is 0 Å². The number of hydrogen-bond donors (Lipinski definition) is 2. The van der Waals surface area contributed by atoms with Gasteiger partial charge in [-0.3, -0.25) is 9.78 Å². The number of pyridine rings is 2. The zero-order valence-corrected chi connectivity index (χ0v) is 9.64. The predicted molar refractivity (Wildman–Crippen MR) is 65.2 cm³/mol. The quantitative estimate of drug-likeness (QED) is 0.835. The lowest BCUT2D eigenvalue weighted by molar-refractivity contribution is 0.0964. The van der Waals surface area contributed by atoms with Crippen LogP contribution in [0.5, 0.6) is 0 Å². The number of rotatable bonds is 2. The number of aromatic nitrogens is 2. The summed E-state index contributed by atoms with van der Waals surface area (Å²) in [6, 6.07) is 4.37. The number of nitrogens with zero attached hydrogens (tertiary/aromatic N) is 2. The van der Waals surface area contributed by atoms with Gasteiger partial charge in [-0.1, -0.05) is 0 Å². The van der Waals surface area contributed by atoms with Crippen LogP contribution in [-0.2, 0) is 0 Å². The fraction of sp³-hybridized carbons (Fsp3) is 0.0833. The van der Waals surface area contributed by atoms with Crippen LogP contribution >= 0.6 is 0 Å². The van der Waals surface area contributed by atoms with Gasteiger partial charge in [0, 0.05) is 18.8 Å². The number of nitrogen functional groups attached to an aromatic ring is 1. The summed E-state index contributed by atoms with van der Waals surface area (Å²) in [5.41, 5.74) is 6.90. The third kappa shape index (κ3) is 2.13. The summed E-state index contributed by atoms with van der Waals surface area (Å²) in [5.74, 6) is -0.693. The molecular formula is C12H11FN4O. The number of carbonyl (C=O) groups is 1. The maximum atomic E-state index is 12.8. The second-order valence-corrected chi connectivity index (χ2v) is 3.56. The molecule has 0 bridgehead atoms. The highest BCUT2D eigenvalue weighted by atomic mass is 19.1. The third-order valence-corrected chi connectivity index (χ3v) is 2.44. The molecule has 2 aromatic rings. The van der Waals surface area contributed by atoms with Crippen molar-refractivity contribution in [2.24, 2.45) is 0 Å². The van der Waals surface area contributed by atoms with Gasteiger partial charge in [-0.2, -0.15) is 0 Å². The SMILES string of the molecule is CNC(=O)c1c(-c2ccc(F)cn2)ccnc1N. The molecule has 18 heavy (non-hydrogen) atoms. The molecule has 2 rings (SSSR count). The molecule has 0 aliphatic carbocycles. The van der Waals surface area contributed by atoms with Crippen LogP contribution in [0.15, 0.2) is 30.6 Å². The van der Waals surface area contributed by atoms with Gasteiger partial charge in [0.2, 0.25) is 0 Å². The van der Waals surface area contributed by atoms with Crippen LogP contribution in [-0.4, -0.2) is 22.9 Å². The van der Waals surface area contributed by atoms with Gasteiger partial charge in [-0.05, 0) is 18.2 Å². The van der Waals surface area contributed by atoms with Gasteiger partial charge in [0.25, 0.3) is 5.91 Å². The van der Waals surface area contributed by atoms with Gasteiger partial charge >= 0.3 is 0 Å². The number of halogens is 1. The summed E-state index contributed by atoms with van der Waals surface area (Å²) in [5, 5.41) is 2.48. The maximum Gasteiger partial charge on any atom is 0.255 e. The highest BCUT2D eigenvalue weighted by Crippen LogP contribution is 2.24. The lowest BCUT2D eigenvalue weighted by atomic mass is 10.0. The van der Waals surface area contributed by atoms with Gasteiger partial charge in [0.05, 0.1) is 17.5 Å². The van der Waals surface area contributed by atoms with E-state index in [4.69, 9.17) is 5.73 Å². The van der Waals surface area contributed by atoms with Crippen molar-refractivity contribution in [3.8, 4) is 11.3 Å². The van der Waals surface area contributed by atoms with E-state index in [1.807, 2.05) is 0 Å². The molecule has 0 saturated heterocycles. The Kier molecular flexibility index (Phi) is 3.18. The molecule has 2 aromatic heterocycles. The molecule has 0 saturated carbocycles. The van der Waals surface area contributed by atoms with E-state index in [1.54, 1.807) is 6.07 Å². The van der Waals surface area contributed by atoms with Crippen molar-refractivity contribution in [1.82, 2.24) is 15.3 Å². The van der Waals surface area contributed by atoms with Crippen LogP contribution in [0.2, 0.25) is 0 Å². The molecule has 1 amide bonds. The van der Waals surface area contributed by atoms with Gasteiger partial charge < -0.3 is 11.1 Å². The molecule has 0 fully saturated rings. The Balaban J connectivity index is 2.60. The highest BCUT2D eigenvalue weighted by Gasteiger charge is 2.16. The van der Waals surface area contributed by atoms with Crippen molar-refractivity contribution in [2.45, 2.75) is 0 Å². The van der Waals surface area contributed by atoms with Crippen LogP contribution in [0, 0.1) is 5.82 Å². The van der Waals surface area contributed by atoms with E-state index in [1.165, 1.54) is 25.4 Å². The van der Waals surface area contributed by atoms with Crippen molar-refractivity contribution >= 4 is 11.7 Å². The van der Waals surface area contributed by atoms with Crippen LogP contribution in [0.25, 0.3) is 11.3 Å². The Hall–Kier alpha value is -2.50. The van der Waals surface area contributed by atoms with E-state index >= 15 is 0 Å². The molecule has 5 nitrogen and oxygen atoms in total. The zero-order valence-electron chi connectivity index (χ0n) is 9.64. The van der Waals surface area contributed by atoms with E-state index in [-0.39, 0.29) is 17.3 Å². The topological polar surface area (TPSA) is 80.9 Å². The lowest BCUT2D eigenvalue weighted by Crippen LogP contribution is -2.21. The van der Waals surface area contributed by atoms with Crippen molar-refractivity contribution < 1.29 is 9.18 Å². The van der Waals surface area contributed by atoms with Crippen molar-refractivity contribution in [3.05, 3.63) is 42.0 Å². The number of anilines is 1. The molecule has 0 aliphatic heterocycles. The van der Waals surface area contributed by atoms with Crippen LogP contribution < -0.4 is 11.1 Å². The van der Waals surface area contributed by atoms with E-state index in [9.17, 15) is 9.18 Å². The predicted octanol–water partition coefficient (Wildman–Crippen LogP) is 1.22. The zero-order chi connectivity index (χ0) is 13.1. The van der Waals surface area contributed by atoms with Gasteiger partial charge in [0.1, 0.15) is 11.6 Å². The maximum absolute atomic E-state index is 12.8. The molecule has 92 valence electrons. The minimum Gasteiger partial charge on any atom is -0.383 e. The number of hydrogen-bond acceptors (Lipinski definition) is 4. The van der Waals surface area contributed by atoms with Crippen molar-refractivity contribution in [2.75, 3.05) is 12.8 Å². The van der Waals surface area contributed by atoms with Crippen LogP contribution in [0.1, 0.15) is 10.4 Å². The first-order chi connectivity index (χ1) is 8.63. The monoisotopic (exact) mass is 246 g/mol. The Labute approximate surface area is 103 Å². The molecule has 6 heteroatoms. The summed E-state index contributed by atoms with van der Waals surface area (Å²) in [7, 11) is 1.50. The Morgan fingerprint density at radius 3 is 2.72 bits per heavy atom. The van der Waals surface area contributed by atoms with Gasteiger partial charge in [-0.25, -0.2) is 9.37 Å². The largest absolute Gasteiger partial charge is 0.383 e. The normalized spacial score (nSPS) is 10.1. The minimum absolute atomic E-state index is 0.109. The highest BCUT2D eigenvalue weighted by molar-refractivity contribution is 6.04. The van der Waals surface area contributed by atoms with E-state index in [0.29, 0.717) is 11.3 Å². The lowest BCUT2D eigenvalue weighted by Gasteiger charge is -2.09. The second kappa shape index (κ2) is 4.79. The minimum atomic E-state index is -0.442. The van der Waals surface area contributed by atoms with E-state index in [2.05, 4.69) is 15.3 Å². The molecule has 0 atom stereocenters. The summed E-state index contributed by atoms with van der Waals surface area (Å²) >= 11 is 0. The average molecular weight is 246 g/mol. The van der Waals surface area contributed by atoms with Gasteiger partial charge in [0.15, 0.2) is 0 Å². The molecule has 0 aliphatic rings. The fourth-order valence-corrected chi connectivity index (χ4v) is 1.59. The molecule has 0 radical (unpaired) electrons. The summed E-state index contributed by atoms with van der Waals surface area (Å²) in [6.07, 6.45) is 2.56. The molecule has 3 N–H and O–H groups in total. The molecule has 2 heterocycles. The van der Waals surface area contributed by atoms with E-state index in [0.717, 1.165) is 6.20 Å². The number of carbonyl (C=O) groups excluding carboxylic acids is 1. The average Bonchev–Trinajstić information content (AvgIpc) is 2.38. The first kappa shape index (κ1) is 12.0. The first-order valence-electron chi connectivity index (χ1n) is 5.22. The Bertz CT molecular complexity index is 583. The number of nitrogens with one attached hydrogen (secondary N) is 1. The standard InChI is InChI=1S/C12H11FN4O/c1-15-12(18)10-8(4-5-16-11(10)14)9-3-2-7(13)6-17-9/h2-6H,1H3,(H2,14,16)(H,15,18). The first-order valence-corrected chi connectivity index (χ1v) is 5.22. The number of nitrogens with two attached hydrogens (primary N) is 1. The van der Waals surface area contributed by atoms with Gasteiger partial charge in [-0.15, -0.1) is 0 Å². The van der Waals surface area contributed by atoms with Crippen molar-refractivity contribution in [1.29, 1.82) is 0 Å². The van der Waals surface area contributed by atoms with Crippen LogP contribution in [0.4, 0.5) is 10.2 Å². The van der Waals surface area contributed by atoms with Crippen LogP contribution in [0.3, 0.4) is 0 Å².